The van der Waals surface area contributed by atoms with Crippen molar-refractivity contribution in [3.63, 3.8) is 0 Å². The Kier molecular flexibility index (Phi) is 2.90. The zero-order valence-corrected chi connectivity index (χ0v) is 8.87. The quantitative estimate of drug-likeness (QED) is 0.568. The molecule has 1 aliphatic carbocycles. The highest BCUT2D eigenvalue weighted by atomic mass is 15.3. The van der Waals surface area contributed by atoms with Crippen LogP contribution in [0.2, 0.25) is 0 Å². The number of rotatable bonds is 1. The van der Waals surface area contributed by atoms with Gasteiger partial charge in [-0.2, -0.15) is 0 Å². The van der Waals surface area contributed by atoms with Gasteiger partial charge in [-0.15, -0.1) is 6.42 Å². The van der Waals surface area contributed by atoms with Crippen LogP contribution in [-0.2, 0) is 0 Å². The van der Waals surface area contributed by atoms with Crippen LogP contribution >= 0.6 is 0 Å². The fourth-order valence-corrected chi connectivity index (χ4v) is 2.26. The second-order valence-corrected chi connectivity index (χ2v) is 4.28. The summed E-state index contributed by atoms with van der Waals surface area (Å²) in [6.45, 7) is 4.76. The topological polar surface area (TPSA) is 6.48 Å². The molecule has 0 N–H and O–H groups in total. The minimum atomic E-state index is 0.620. The van der Waals surface area contributed by atoms with Crippen LogP contribution in [0, 0.1) is 12.3 Å². The van der Waals surface area contributed by atoms with E-state index in [1.54, 1.807) is 0 Å². The van der Waals surface area contributed by atoms with Gasteiger partial charge >= 0.3 is 0 Å². The van der Waals surface area contributed by atoms with Gasteiger partial charge in [0.15, 0.2) is 0 Å². The molecule has 0 aromatic carbocycles. The largest absolute Gasteiger partial charge is 0.304 e. The van der Waals surface area contributed by atoms with E-state index in [1.165, 1.54) is 38.2 Å². The third-order valence-electron chi connectivity index (χ3n) is 3.30. The van der Waals surface area contributed by atoms with Crippen LogP contribution < -0.4 is 0 Å². The van der Waals surface area contributed by atoms with E-state index in [0.29, 0.717) is 6.04 Å². The molecule has 2 heteroatoms. The minimum absolute atomic E-state index is 0.620. The van der Waals surface area contributed by atoms with Gasteiger partial charge in [-0.05, 0) is 25.5 Å². The summed E-state index contributed by atoms with van der Waals surface area (Å²) in [5.74, 6) is 2.77. The third-order valence-corrected chi connectivity index (χ3v) is 3.30. The maximum atomic E-state index is 5.40. The van der Waals surface area contributed by atoms with E-state index in [1.807, 2.05) is 0 Å². The van der Waals surface area contributed by atoms with Gasteiger partial charge in [0.2, 0.25) is 0 Å². The molecule has 1 saturated heterocycles. The van der Waals surface area contributed by atoms with E-state index in [0.717, 1.165) is 6.42 Å². The van der Waals surface area contributed by atoms with Gasteiger partial charge in [-0.25, -0.2) is 0 Å². The van der Waals surface area contributed by atoms with Crippen molar-refractivity contribution in [1.29, 1.82) is 0 Å². The molecular weight excluding hydrogens is 172 g/mol. The van der Waals surface area contributed by atoms with Crippen LogP contribution in [0.25, 0.3) is 0 Å². The van der Waals surface area contributed by atoms with Gasteiger partial charge in [0, 0.05) is 32.2 Å². The van der Waals surface area contributed by atoms with E-state index >= 15 is 0 Å². The van der Waals surface area contributed by atoms with Crippen molar-refractivity contribution in [2.45, 2.75) is 18.9 Å². The maximum Gasteiger partial charge on any atom is 0.0294 e. The molecule has 0 amide bonds. The number of terminal acetylenes is 1. The number of allylic oxidation sites excluding steroid dienone is 1. The summed E-state index contributed by atoms with van der Waals surface area (Å²) in [6.07, 6.45) is 10.0. The third kappa shape index (κ3) is 2.00. The summed E-state index contributed by atoms with van der Waals surface area (Å²) < 4.78 is 0. The lowest BCUT2D eigenvalue weighted by molar-refractivity contribution is 0.129. The summed E-state index contributed by atoms with van der Waals surface area (Å²) in [6, 6.07) is 0.620. The first-order chi connectivity index (χ1) is 6.79. The van der Waals surface area contributed by atoms with Crippen LogP contribution in [0.3, 0.4) is 0 Å². The monoisotopic (exact) mass is 190 g/mol. The SMILES string of the molecule is C#CC1=C[C@@H](N2CCN(C)CC2)CC1. The van der Waals surface area contributed by atoms with Crippen molar-refractivity contribution < 1.29 is 0 Å². The number of hydrogen-bond donors (Lipinski definition) is 0. The second-order valence-electron chi connectivity index (χ2n) is 4.28. The summed E-state index contributed by atoms with van der Waals surface area (Å²) in [4.78, 5) is 4.95. The van der Waals surface area contributed by atoms with E-state index in [-0.39, 0.29) is 0 Å². The fourth-order valence-electron chi connectivity index (χ4n) is 2.26. The molecule has 0 aromatic rings. The number of nitrogens with zero attached hydrogens (tertiary/aromatic N) is 2. The normalized spacial score (nSPS) is 30.0. The van der Waals surface area contributed by atoms with E-state index < -0.39 is 0 Å². The molecule has 0 unspecified atom stereocenters. The van der Waals surface area contributed by atoms with Crippen molar-refractivity contribution >= 4 is 0 Å². The molecule has 0 spiro atoms. The van der Waals surface area contributed by atoms with Gasteiger partial charge in [-0.3, -0.25) is 4.90 Å². The summed E-state index contributed by atoms with van der Waals surface area (Å²) in [5, 5.41) is 0. The Hall–Kier alpha value is -0.780. The zero-order chi connectivity index (χ0) is 9.97. The summed E-state index contributed by atoms with van der Waals surface area (Å²) in [5.41, 5.74) is 1.20. The van der Waals surface area contributed by atoms with Crippen molar-refractivity contribution in [2.24, 2.45) is 0 Å². The van der Waals surface area contributed by atoms with Gasteiger partial charge in [0.05, 0.1) is 0 Å². The molecule has 2 aliphatic rings. The average molecular weight is 190 g/mol. The number of hydrogen-bond acceptors (Lipinski definition) is 2. The van der Waals surface area contributed by atoms with Crippen LogP contribution in [-0.4, -0.2) is 49.1 Å². The highest BCUT2D eigenvalue weighted by Crippen LogP contribution is 2.22. The zero-order valence-electron chi connectivity index (χ0n) is 8.87. The maximum absolute atomic E-state index is 5.40. The molecule has 0 bridgehead atoms. The highest BCUT2D eigenvalue weighted by molar-refractivity contribution is 5.30. The second kappa shape index (κ2) is 4.16. The molecular formula is C12H18N2. The van der Waals surface area contributed by atoms with Crippen molar-refractivity contribution in [3.05, 3.63) is 11.6 Å². The van der Waals surface area contributed by atoms with Gasteiger partial charge < -0.3 is 4.90 Å². The van der Waals surface area contributed by atoms with Gasteiger partial charge in [-0.1, -0.05) is 12.0 Å². The Bertz CT molecular complexity index is 267. The Balaban J connectivity index is 1.91. The lowest BCUT2D eigenvalue weighted by atomic mass is 10.2. The Morgan fingerprint density at radius 3 is 2.64 bits per heavy atom. The van der Waals surface area contributed by atoms with Crippen molar-refractivity contribution in [1.82, 2.24) is 9.80 Å². The average Bonchev–Trinajstić information content (AvgIpc) is 2.67. The lowest BCUT2D eigenvalue weighted by Crippen LogP contribution is -2.47. The first kappa shape index (κ1) is 9.76. The Morgan fingerprint density at radius 2 is 2.07 bits per heavy atom. The first-order valence-electron chi connectivity index (χ1n) is 5.39. The Labute approximate surface area is 86.6 Å². The molecule has 2 nitrogen and oxygen atoms in total. The molecule has 1 aliphatic heterocycles. The molecule has 1 fully saturated rings. The molecule has 0 saturated carbocycles. The fraction of sp³-hybridized carbons (Fsp3) is 0.667. The molecule has 14 heavy (non-hydrogen) atoms. The van der Waals surface area contributed by atoms with Gasteiger partial charge in [0.25, 0.3) is 0 Å². The van der Waals surface area contributed by atoms with E-state index in [2.05, 4.69) is 28.8 Å². The van der Waals surface area contributed by atoms with Crippen LogP contribution in [0.4, 0.5) is 0 Å². The number of likely N-dealkylation sites (N-methyl/N-ethyl adjacent to an activating group) is 1. The number of piperazine rings is 1. The predicted octanol–water partition coefficient (Wildman–Crippen LogP) is 0.956. The van der Waals surface area contributed by atoms with Crippen LogP contribution in [0.5, 0.6) is 0 Å². The molecule has 2 rings (SSSR count). The van der Waals surface area contributed by atoms with Gasteiger partial charge in [0.1, 0.15) is 0 Å². The first-order valence-corrected chi connectivity index (χ1v) is 5.39. The minimum Gasteiger partial charge on any atom is -0.304 e. The molecule has 0 aromatic heterocycles. The highest BCUT2D eigenvalue weighted by Gasteiger charge is 2.24. The Morgan fingerprint density at radius 1 is 1.36 bits per heavy atom. The van der Waals surface area contributed by atoms with Crippen molar-refractivity contribution in [3.8, 4) is 12.3 Å². The summed E-state index contributed by atoms with van der Waals surface area (Å²) in [7, 11) is 2.19. The van der Waals surface area contributed by atoms with Crippen LogP contribution in [0.1, 0.15) is 12.8 Å². The standard InChI is InChI=1S/C12H18N2/c1-3-11-4-5-12(10-11)14-8-6-13(2)7-9-14/h1,10,12H,4-9H2,2H3/t12-/m0/s1. The molecule has 0 radical (unpaired) electrons. The molecule has 1 heterocycles. The molecule has 1 atom stereocenters. The smallest absolute Gasteiger partial charge is 0.0294 e. The summed E-state index contributed by atoms with van der Waals surface area (Å²) >= 11 is 0. The molecule has 76 valence electrons. The van der Waals surface area contributed by atoms with E-state index in [4.69, 9.17) is 6.42 Å². The van der Waals surface area contributed by atoms with Crippen molar-refractivity contribution in [2.75, 3.05) is 33.2 Å². The lowest BCUT2D eigenvalue weighted by Gasteiger charge is -2.35. The van der Waals surface area contributed by atoms with E-state index in [9.17, 15) is 0 Å². The predicted molar refractivity (Wildman–Crippen MR) is 59.0 cm³/mol. The van der Waals surface area contributed by atoms with Crippen LogP contribution in [0.15, 0.2) is 11.6 Å².